The number of aromatic nitrogens is 2. The molecule has 10 nitrogen and oxygen atoms in total. The number of nitrogens with zero attached hydrogens (tertiary/aromatic N) is 4. The van der Waals surface area contributed by atoms with Crippen LogP contribution in [0, 0.1) is 6.92 Å². The smallest absolute Gasteiger partial charge is 0.274 e. The maximum atomic E-state index is 14.5. The van der Waals surface area contributed by atoms with Crippen LogP contribution in [0.5, 0.6) is 0 Å². The standard InChI is InChI=1S/C37H45N5O5S/c1-4-6-19-40(20-7-5-2)37(45)34-21-27(3)42(38-34)35-18-17-31(39-48(46,47)26-28-13-9-8-10-14-28)23-33(35)36(44)41-24-30-16-12-11-15-29(30)22-32(41)25-43/h8-18,21,23,32,39,43H,4-7,19-20,22,24-26H2,1-3H3/t32-/m0/s1. The van der Waals surface area contributed by atoms with Gasteiger partial charge in [0, 0.05) is 31.0 Å². The predicted molar refractivity (Wildman–Crippen MR) is 188 cm³/mol. The first-order valence-electron chi connectivity index (χ1n) is 16.7. The summed E-state index contributed by atoms with van der Waals surface area (Å²) in [4.78, 5) is 31.6. The molecule has 4 aromatic rings. The van der Waals surface area contributed by atoms with Gasteiger partial charge in [-0.2, -0.15) is 5.10 Å². The topological polar surface area (TPSA) is 125 Å². The largest absolute Gasteiger partial charge is 0.394 e. The Morgan fingerprint density at radius 2 is 1.60 bits per heavy atom. The molecule has 1 aliphatic rings. The number of sulfonamides is 1. The Bertz CT molecular complexity index is 1830. The van der Waals surface area contributed by atoms with Crippen molar-refractivity contribution in [2.24, 2.45) is 0 Å². The fourth-order valence-corrected chi connectivity index (χ4v) is 7.30. The number of nitrogens with one attached hydrogen (secondary N) is 1. The minimum absolute atomic E-state index is 0.162. The minimum Gasteiger partial charge on any atom is -0.394 e. The Hall–Kier alpha value is -4.48. The van der Waals surface area contributed by atoms with Crippen LogP contribution >= 0.6 is 0 Å². The van der Waals surface area contributed by atoms with E-state index >= 15 is 0 Å². The van der Waals surface area contributed by atoms with Crippen LogP contribution in [0.2, 0.25) is 0 Å². The molecule has 2 heterocycles. The first kappa shape index (κ1) is 34.8. The average molecular weight is 672 g/mol. The molecule has 0 bridgehead atoms. The molecule has 0 spiro atoms. The second-order valence-corrected chi connectivity index (χ2v) is 14.1. The third-order valence-corrected chi connectivity index (χ3v) is 9.97. The van der Waals surface area contributed by atoms with Crippen molar-refractivity contribution in [1.82, 2.24) is 19.6 Å². The molecule has 2 N–H and O–H groups in total. The number of fused-ring (bicyclic) bond motifs is 1. The second-order valence-electron chi connectivity index (χ2n) is 12.4. The van der Waals surface area contributed by atoms with Gasteiger partial charge in [-0.25, -0.2) is 13.1 Å². The lowest BCUT2D eigenvalue weighted by Crippen LogP contribution is -2.46. The summed E-state index contributed by atoms with van der Waals surface area (Å²) in [5.41, 5.74) is 4.46. The summed E-state index contributed by atoms with van der Waals surface area (Å²) in [5, 5.41) is 15.1. The number of carbonyl (C=O) groups is 2. The van der Waals surface area contributed by atoms with Gasteiger partial charge in [0.1, 0.15) is 0 Å². The Morgan fingerprint density at radius 1 is 0.938 bits per heavy atom. The number of anilines is 1. The van der Waals surface area contributed by atoms with E-state index in [4.69, 9.17) is 5.10 Å². The lowest BCUT2D eigenvalue weighted by atomic mass is 9.93. The van der Waals surface area contributed by atoms with Crippen molar-refractivity contribution in [2.75, 3.05) is 24.4 Å². The van der Waals surface area contributed by atoms with E-state index in [2.05, 4.69) is 18.6 Å². The van der Waals surface area contributed by atoms with Crippen LogP contribution in [0.4, 0.5) is 5.69 Å². The summed E-state index contributed by atoms with van der Waals surface area (Å²) in [6.07, 6.45) is 4.20. The third kappa shape index (κ3) is 8.14. The summed E-state index contributed by atoms with van der Waals surface area (Å²) < 4.78 is 30.6. The number of aryl methyl sites for hydroxylation is 1. The van der Waals surface area contributed by atoms with Gasteiger partial charge in [-0.3, -0.25) is 14.3 Å². The number of hydrogen-bond acceptors (Lipinski definition) is 6. The van der Waals surface area contributed by atoms with E-state index in [0.29, 0.717) is 36.5 Å². The molecular formula is C37H45N5O5S. The maximum absolute atomic E-state index is 14.5. The summed E-state index contributed by atoms with van der Waals surface area (Å²) >= 11 is 0. The number of hydrogen-bond donors (Lipinski definition) is 2. The summed E-state index contributed by atoms with van der Waals surface area (Å²) in [7, 11) is -3.82. The van der Waals surface area contributed by atoms with Gasteiger partial charge in [0.2, 0.25) is 10.0 Å². The van der Waals surface area contributed by atoms with Crippen LogP contribution in [-0.4, -0.2) is 70.7 Å². The normalized spacial score (nSPS) is 14.4. The molecule has 2 amide bonds. The van der Waals surface area contributed by atoms with E-state index in [0.717, 1.165) is 36.8 Å². The molecule has 5 rings (SSSR count). The third-order valence-electron chi connectivity index (χ3n) is 8.71. The van der Waals surface area contributed by atoms with Crippen molar-refractivity contribution in [2.45, 2.75) is 71.2 Å². The molecule has 0 aliphatic carbocycles. The summed E-state index contributed by atoms with van der Waals surface area (Å²) in [6, 6.07) is 22.7. The van der Waals surface area contributed by atoms with Crippen LogP contribution in [-0.2, 0) is 28.7 Å². The summed E-state index contributed by atoms with van der Waals surface area (Å²) in [6.45, 7) is 7.34. The zero-order valence-corrected chi connectivity index (χ0v) is 28.7. The molecule has 48 heavy (non-hydrogen) atoms. The molecule has 11 heteroatoms. The molecule has 1 aliphatic heterocycles. The molecule has 0 unspecified atom stereocenters. The molecule has 0 saturated heterocycles. The number of unbranched alkanes of at least 4 members (excludes halogenated alkanes) is 2. The Kier molecular flexibility index (Phi) is 11.3. The monoisotopic (exact) mass is 671 g/mol. The maximum Gasteiger partial charge on any atom is 0.274 e. The van der Waals surface area contributed by atoms with Crippen LogP contribution in [0.3, 0.4) is 0 Å². The highest BCUT2D eigenvalue weighted by atomic mass is 32.2. The average Bonchev–Trinajstić information content (AvgIpc) is 3.48. The van der Waals surface area contributed by atoms with E-state index in [1.54, 1.807) is 52.0 Å². The van der Waals surface area contributed by atoms with Crippen molar-refractivity contribution < 1.29 is 23.1 Å². The van der Waals surface area contributed by atoms with Gasteiger partial charge in [0.15, 0.2) is 5.69 Å². The van der Waals surface area contributed by atoms with Crippen LogP contribution in [0.25, 0.3) is 5.69 Å². The quantitative estimate of drug-likeness (QED) is 0.177. The Morgan fingerprint density at radius 3 is 2.27 bits per heavy atom. The van der Waals surface area contributed by atoms with Crippen LogP contribution in [0.15, 0.2) is 78.9 Å². The van der Waals surface area contributed by atoms with Gasteiger partial charge in [-0.05, 0) is 67.1 Å². The fraction of sp³-hybridized carbons (Fsp3) is 0.378. The first-order chi connectivity index (χ1) is 23.1. The van der Waals surface area contributed by atoms with Gasteiger partial charge in [0.25, 0.3) is 11.8 Å². The van der Waals surface area contributed by atoms with Crippen molar-refractivity contribution in [3.05, 3.63) is 113 Å². The fourth-order valence-electron chi connectivity index (χ4n) is 6.11. The number of aliphatic hydroxyl groups is 1. The van der Waals surface area contributed by atoms with Gasteiger partial charge < -0.3 is 14.9 Å². The lowest BCUT2D eigenvalue weighted by Gasteiger charge is -2.36. The number of carbonyl (C=O) groups excluding carboxylic acids is 2. The predicted octanol–water partition coefficient (Wildman–Crippen LogP) is 5.72. The molecule has 1 aromatic heterocycles. The number of amides is 2. The molecular weight excluding hydrogens is 627 g/mol. The van der Waals surface area contributed by atoms with E-state index < -0.39 is 16.1 Å². The van der Waals surface area contributed by atoms with Crippen LogP contribution in [0.1, 0.15) is 82.8 Å². The lowest BCUT2D eigenvalue weighted by molar-refractivity contribution is 0.0544. The number of aliphatic hydroxyl groups excluding tert-OH is 1. The van der Waals surface area contributed by atoms with E-state index in [-0.39, 0.29) is 47.7 Å². The number of rotatable bonds is 14. The van der Waals surface area contributed by atoms with Crippen molar-refractivity contribution in [3.8, 4) is 5.69 Å². The number of benzene rings is 3. The summed E-state index contributed by atoms with van der Waals surface area (Å²) in [5.74, 6) is -0.771. The van der Waals surface area contributed by atoms with Gasteiger partial charge >= 0.3 is 0 Å². The SMILES string of the molecule is CCCCN(CCCC)C(=O)c1cc(C)n(-c2ccc(NS(=O)(=O)Cc3ccccc3)cc2C(=O)N2Cc3ccccc3C[C@H]2CO)n1. The Balaban J connectivity index is 1.54. The molecule has 254 valence electrons. The molecule has 0 saturated carbocycles. The zero-order chi connectivity index (χ0) is 34.3. The molecule has 1 atom stereocenters. The van der Waals surface area contributed by atoms with E-state index in [1.807, 2.05) is 42.2 Å². The van der Waals surface area contributed by atoms with Gasteiger partial charge in [0.05, 0.1) is 29.7 Å². The first-order valence-corrected chi connectivity index (χ1v) is 18.3. The molecule has 0 radical (unpaired) electrons. The Labute approximate surface area is 283 Å². The van der Waals surface area contributed by atoms with Gasteiger partial charge in [-0.15, -0.1) is 0 Å². The van der Waals surface area contributed by atoms with Crippen molar-refractivity contribution in [3.63, 3.8) is 0 Å². The van der Waals surface area contributed by atoms with Crippen molar-refractivity contribution >= 4 is 27.5 Å². The van der Waals surface area contributed by atoms with E-state index in [9.17, 15) is 23.1 Å². The van der Waals surface area contributed by atoms with Crippen LogP contribution < -0.4 is 4.72 Å². The highest BCUT2D eigenvalue weighted by molar-refractivity contribution is 7.91. The molecule has 0 fully saturated rings. The van der Waals surface area contributed by atoms with Gasteiger partial charge in [-0.1, -0.05) is 81.3 Å². The zero-order valence-electron chi connectivity index (χ0n) is 27.9. The van der Waals surface area contributed by atoms with E-state index in [1.165, 1.54) is 6.07 Å². The molecule has 3 aromatic carbocycles. The highest BCUT2D eigenvalue weighted by Gasteiger charge is 2.32. The highest BCUT2D eigenvalue weighted by Crippen LogP contribution is 2.29. The van der Waals surface area contributed by atoms with Crippen molar-refractivity contribution in [1.29, 1.82) is 0 Å². The minimum atomic E-state index is -3.82. The second kappa shape index (κ2) is 15.6.